The molecule has 16 heavy (non-hydrogen) atoms. The number of carbonyl (C=O) groups is 1. The summed E-state index contributed by atoms with van der Waals surface area (Å²) in [6.07, 6.45) is 0.717. The molecule has 0 aliphatic rings. The quantitative estimate of drug-likeness (QED) is 0.833. The first-order valence-corrected chi connectivity index (χ1v) is 6.39. The molecule has 1 aromatic rings. The van der Waals surface area contributed by atoms with E-state index in [4.69, 9.17) is 5.73 Å². The number of nitrogens with one attached hydrogen (secondary N) is 1. The minimum absolute atomic E-state index is 0.0325. The number of amides is 1. The molecule has 0 fully saturated rings. The third-order valence-corrected chi connectivity index (χ3v) is 3.65. The molecule has 1 unspecified atom stereocenters. The lowest BCUT2D eigenvalue weighted by Gasteiger charge is -2.11. The van der Waals surface area contributed by atoms with Crippen LogP contribution >= 0.6 is 22.6 Å². The van der Waals surface area contributed by atoms with Gasteiger partial charge in [-0.2, -0.15) is 0 Å². The second-order valence-electron chi connectivity index (χ2n) is 3.93. The normalized spacial score (nSPS) is 12.2. The fourth-order valence-electron chi connectivity index (χ4n) is 1.32. The Morgan fingerprint density at radius 3 is 2.81 bits per heavy atom. The molecule has 1 aromatic carbocycles. The van der Waals surface area contributed by atoms with Gasteiger partial charge >= 0.3 is 0 Å². The van der Waals surface area contributed by atoms with Gasteiger partial charge in [0.25, 0.3) is 0 Å². The smallest absolute Gasteiger partial charge is 0.227 e. The first kappa shape index (κ1) is 13.4. The van der Waals surface area contributed by atoms with Gasteiger partial charge in [-0.15, -0.1) is 0 Å². The molecule has 88 valence electrons. The van der Waals surface area contributed by atoms with Crippen molar-refractivity contribution in [2.45, 2.75) is 20.3 Å². The standard InChI is InChI=1S/C12H17IN2O/c1-8-3-4-10(7-11(8)13)15-12(16)9(2)5-6-14/h3-4,7,9H,5-6,14H2,1-2H3,(H,15,16). The van der Waals surface area contributed by atoms with Crippen LogP contribution in [0.2, 0.25) is 0 Å². The van der Waals surface area contributed by atoms with Crippen molar-refractivity contribution in [3.8, 4) is 0 Å². The lowest BCUT2D eigenvalue weighted by Crippen LogP contribution is -2.22. The van der Waals surface area contributed by atoms with E-state index in [1.165, 1.54) is 5.56 Å². The van der Waals surface area contributed by atoms with Gasteiger partial charge in [-0.25, -0.2) is 0 Å². The summed E-state index contributed by atoms with van der Waals surface area (Å²) in [6.45, 7) is 4.48. The van der Waals surface area contributed by atoms with Gasteiger partial charge in [0.1, 0.15) is 0 Å². The number of hydrogen-bond acceptors (Lipinski definition) is 2. The lowest BCUT2D eigenvalue weighted by molar-refractivity contribution is -0.119. The molecule has 0 aliphatic heterocycles. The number of nitrogens with two attached hydrogens (primary N) is 1. The van der Waals surface area contributed by atoms with E-state index in [0.29, 0.717) is 6.54 Å². The summed E-state index contributed by atoms with van der Waals surface area (Å²) >= 11 is 2.26. The number of hydrogen-bond donors (Lipinski definition) is 2. The Morgan fingerprint density at radius 1 is 1.56 bits per heavy atom. The van der Waals surface area contributed by atoms with Crippen LogP contribution in [0.1, 0.15) is 18.9 Å². The maximum Gasteiger partial charge on any atom is 0.227 e. The lowest BCUT2D eigenvalue weighted by atomic mass is 10.1. The highest BCUT2D eigenvalue weighted by Crippen LogP contribution is 2.17. The van der Waals surface area contributed by atoms with E-state index in [1.807, 2.05) is 32.0 Å². The van der Waals surface area contributed by atoms with Crippen LogP contribution in [0.3, 0.4) is 0 Å². The van der Waals surface area contributed by atoms with Gasteiger partial charge in [-0.3, -0.25) is 4.79 Å². The molecule has 0 aromatic heterocycles. The minimum atomic E-state index is -0.0380. The molecule has 4 heteroatoms. The predicted molar refractivity (Wildman–Crippen MR) is 75.4 cm³/mol. The minimum Gasteiger partial charge on any atom is -0.330 e. The Labute approximate surface area is 110 Å². The number of carbonyl (C=O) groups excluding carboxylic acids is 1. The van der Waals surface area contributed by atoms with Crippen molar-refractivity contribution in [2.75, 3.05) is 11.9 Å². The average molecular weight is 332 g/mol. The summed E-state index contributed by atoms with van der Waals surface area (Å²) in [5.74, 6) is -0.00549. The van der Waals surface area contributed by atoms with E-state index in [2.05, 4.69) is 27.9 Å². The molecule has 0 spiro atoms. The topological polar surface area (TPSA) is 55.1 Å². The average Bonchev–Trinajstić information content (AvgIpc) is 2.24. The van der Waals surface area contributed by atoms with Crippen LogP contribution < -0.4 is 11.1 Å². The fraction of sp³-hybridized carbons (Fsp3) is 0.417. The van der Waals surface area contributed by atoms with Crippen LogP contribution in [-0.4, -0.2) is 12.5 Å². The second-order valence-corrected chi connectivity index (χ2v) is 5.09. The van der Waals surface area contributed by atoms with Gasteiger partial charge in [0.15, 0.2) is 0 Å². The zero-order valence-electron chi connectivity index (χ0n) is 9.59. The monoisotopic (exact) mass is 332 g/mol. The van der Waals surface area contributed by atoms with Gasteiger partial charge in [0, 0.05) is 15.2 Å². The molecule has 0 radical (unpaired) electrons. The third-order valence-electron chi connectivity index (χ3n) is 2.49. The number of benzene rings is 1. The molecule has 0 bridgehead atoms. The molecule has 3 nitrogen and oxygen atoms in total. The van der Waals surface area contributed by atoms with Gasteiger partial charge < -0.3 is 11.1 Å². The van der Waals surface area contributed by atoms with Crippen molar-refractivity contribution in [1.29, 1.82) is 0 Å². The van der Waals surface area contributed by atoms with E-state index >= 15 is 0 Å². The van der Waals surface area contributed by atoms with Crippen LogP contribution in [0.5, 0.6) is 0 Å². The van der Waals surface area contributed by atoms with E-state index in [-0.39, 0.29) is 11.8 Å². The number of rotatable bonds is 4. The summed E-state index contributed by atoms with van der Waals surface area (Å²) in [4.78, 5) is 11.7. The first-order chi connectivity index (χ1) is 7.54. The van der Waals surface area contributed by atoms with E-state index < -0.39 is 0 Å². The van der Waals surface area contributed by atoms with Gasteiger partial charge in [-0.05, 0) is 60.2 Å². The van der Waals surface area contributed by atoms with Crippen LogP contribution in [0.15, 0.2) is 18.2 Å². The Bertz CT molecular complexity index is 379. The van der Waals surface area contributed by atoms with Crippen molar-refractivity contribution in [3.05, 3.63) is 27.3 Å². The molecular weight excluding hydrogens is 315 g/mol. The SMILES string of the molecule is Cc1ccc(NC(=O)C(C)CCN)cc1I. The Balaban J connectivity index is 2.66. The van der Waals surface area contributed by atoms with Crippen LogP contribution in [-0.2, 0) is 4.79 Å². The maximum atomic E-state index is 11.7. The van der Waals surface area contributed by atoms with Crippen LogP contribution in [0.4, 0.5) is 5.69 Å². The van der Waals surface area contributed by atoms with Gasteiger partial charge in [0.05, 0.1) is 0 Å². The highest BCUT2D eigenvalue weighted by Gasteiger charge is 2.11. The highest BCUT2D eigenvalue weighted by atomic mass is 127. The Hall–Kier alpha value is -0.620. The summed E-state index contributed by atoms with van der Waals surface area (Å²) < 4.78 is 1.15. The van der Waals surface area contributed by atoms with Gasteiger partial charge in [-0.1, -0.05) is 13.0 Å². The van der Waals surface area contributed by atoms with E-state index in [1.54, 1.807) is 0 Å². The molecule has 0 aliphatic carbocycles. The zero-order chi connectivity index (χ0) is 12.1. The zero-order valence-corrected chi connectivity index (χ0v) is 11.7. The van der Waals surface area contributed by atoms with E-state index in [0.717, 1.165) is 15.7 Å². The van der Waals surface area contributed by atoms with Crippen molar-refractivity contribution in [1.82, 2.24) is 0 Å². The summed E-state index contributed by atoms with van der Waals surface area (Å²) in [7, 11) is 0. The van der Waals surface area contributed by atoms with Gasteiger partial charge in [0.2, 0.25) is 5.91 Å². The highest BCUT2D eigenvalue weighted by molar-refractivity contribution is 14.1. The summed E-state index contributed by atoms with van der Waals surface area (Å²) in [5.41, 5.74) is 7.49. The van der Waals surface area contributed by atoms with Crippen molar-refractivity contribution < 1.29 is 4.79 Å². The first-order valence-electron chi connectivity index (χ1n) is 5.31. The Morgan fingerprint density at radius 2 is 2.25 bits per heavy atom. The fourth-order valence-corrected chi connectivity index (χ4v) is 1.83. The molecule has 1 atom stereocenters. The Kier molecular flexibility index (Phi) is 5.21. The van der Waals surface area contributed by atoms with Crippen molar-refractivity contribution in [2.24, 2.45) is 11.7 Å². The maximum absolute atomic E-state index is 11.7. The molecule has 0 saturated carbocycles. The van der Waals surface area contributed by atoms with Crippen molar-refractivity contribution in [3.63, 3.8) is 0 Å². The summed E-state index contributed by atoms with van der Waals surface area (Å²) in [5, 5.41) is 2.90. The van der Waals surface area contributed by atoms with Crippen LogP contribution in [0, 0.1) is 16.4 Å². The number of halogens is 1. The number of aryl methyl sites for hydroxylation is 1. The van der Waals surface area contributed by atoms with E-state index in [9.17, 15) is 4.79 Å². The molecule has 0 heterocycles. The van der Waals surface area contributed by atoms with Crippen LogP contribution in [0.25, 0.3) is 0 Å². The molecular formula is C12H17IN2O. The number of anilines is 1. The molecule has 1 amide bonds. The third kappa shape index (κ3) is 3.75. The largest absolute Gasteiger partial charge is 0.330 e. The molecule has 0 saturated heterocycles. The summed E-state index contributed by atoms with van der Waals surface area (Å²) in [6, 6.07) is 5.90. The molecule has 3 N–H and O–H groups in total. The molecule has 1 rings (SSSR count). The second kappa shape index (κ2) is 6.20. The van der Waals surface area contributed by atoms with Crippen molar-refractivity contribution >= 4 is 34.2 Å². The predicted octanol–water partition coefficient (Wildman–Crippen LogP) is 2.52.